The van der Waals surface area contributed by atoms with Crippen molar-refractivity contribution >= 4 is 0 Å². The molecule has 0 saturated heterocycles. The Morgan fingerprint density at radius 2 is 0.577 bits per heavy atom. The Bertz CT molecular complexity index is 192. The first kappa shape index (κ1) is 28.2. The van der Waals surface area contributed by atoms with Crippen molar-refractivity contribution in [3.8, 4) is 0 Å². The van der Waals surface area contributed by atoms with E-state index >= 15 is 0 Å². The summed E-state index contributed by atoms with van der Waals surface area (Å²) in [6.07, 6.45) is 28.8. The Hall–Kier alpha value is -0.0400. The highest BCUT2D eigenvalue weighted by Crippen LogP contribution is 2.11. The van der Waals surface area contributed by atoms with Crippen LogP contribution in [0.5, 0.6) is 0 Å². The van der Waals surface area contributed by atoms with Crippen LogP contribution in [-0.4, -0.2) is 13.1 Å². The lowest BCUT2D eigenvalue weighted by molar-refractivity contribution is 0.525. The van der Waals surface area contributed by atoms with Crippen LogP contribution < -0.4 is 5.32 Å². The third-order valence-electron chi connectivity index (χ3n) is 5.41. The Morgan fingerprint density at radius 3 is 0.846 bits per heavy atom. The lowest BCUT2D eigenvalue weighted by Gasteiger charge is -2.05. The van der Waals surface area contributed by atoms with Crippen molar-refractivity contribution in [2.75, 3.05) is 13.1 Å². The van der Waals surface area contributed by atoms with E-state index < -0.39 is 0 Å². The predicted molar refractivity (Wildman–Crippen MR) is 120 cm³/mol. The van der Waals surface area contributed by atoms with Gasteiger partial charge in [-0.25, -0.2) is 0 Å². The Morgan fingerprint density at radius 1 is 0.346 bits per heavy atom. The van der Waals surface area contributed by atoms with Gasteiger partial charge >= 0.3 is 0 Å². The van der Waals surface area contributed by atoms with Gasteiger partial charge < -0.3 is 5.32 Å². The molecule has 0 aromatic heterocycles. The maximum Gasteiger partial charge on any atom is 0 e. The molecular weight excluding hydrogens is 314 g/mol. The maximum atomic E-state index is 3.64. The molecule has 0 saturated carbocycles. The van der Waals surface area contributed by atoms with Crippen LogP contribution in [0.25, 0.3) is 0 Å². The molecule has 4 radical (unpaired) electrons. The van der Waals surface area contributed by atoms with Crippen molar-refractivity contribution in [2.24, 2.45) is 0 Å². The highest BCUT2D eigenvalue weighted by Gasteiger charge is 1.94. The molecule has 0 atom stereocenters. The fraction of sp³-hybridized carbons (Fsp3) is 0.960. The molecule has 0 aliphatic heterocycles. The average molecular weight is 366 g/mol. The molecule has 0 aromatic rings. The van der Waals surface area contributed by atoms with Crippen molar-refractivity contribution in [3.63, 3.8) is 0 Å². The van der Waals surface area contributed by atoms with Crippen LogP contribution in [0.1, 0.15) is 142 Å². The van der Waals surface area contributed by atoms with Gasteiger partial charge in [-0.2, -0.15) is 0 Å². The Balaban J connectivity index is 0. The van der Waals surface area contributed by atoms with Gasteiger partial charge in [-0.05, 0) is 25.9 Å². The van der Waals surface area contributed by atoms with E-state index in [1.54, 1.807) is 0 Å². The predicted octanol–water partition coefficient (Wildman–Crippen LogP) is 8.50. The van der Waals surface area contributed by atoms with E-state index in [0.29, 0.717) is 0 Å². The number of hydrogen-bond donors (Lipinski definition) is 1. The molecule has 0 aromatic carbocycles. The average Bonchev–Trinajstić information content (AvgIpc) is 2.63. The summed E-state index contributed by atoms with van der Waals surface area (Å²) in [5.41, 5.74) is 0. The molecule has 0 heterocycles. The monoisotopic (exact) mass is 365 g/mol. The summed E-state index contributed by atoms with van der Waals surface area (Å²) in [5, 5.41) is 3.64. The lowest BCUT2D eigenvalue weighted by atomic mass is 10.1. The van der Waals surface area contributed by atoms with E-state index in [4.69, 9.17) is 0 Å². The summed E-state index contributed by atoms with van der Waals surface area (Å²) in [6.45, 7) is 7.08. The Labute approximate surface area is 168 Å². The summed E-state index contributed by atoms with van der Waals surface area (Å²) in [4.78, 5) is 0. The van der Waals surface area contributed by atoms with Crippen LogP contribution in [0.4, 0.5) is 0 Å². The lowest BCUT2D eigenvalue weighted by Crippen LogP contribution is -2.16. The first-order chi connectivity index (χ1) is 12.4. The fourth-order valence-electron chi connectivity index (χ4n) is 3.60. The smallest absolute Gasteiger partial charge is 0 e. The van der Waals surface area contributed by atoms with Crippen molar-refractivity contribution in [1.29, 1.82) is 0 Å². The second-order valence-corrected chi connectivity index (χ2v) is 8.11. The number of unbranched alkanes of at least 4 members (excludes halogenated alkanes) is 18. The number of nitrogens with one attached hydrogen (secondary N) is 1. The van der Waals surface area contributed by atoms with Gasteiger partial charge in [0.1, 0.15) is 0 Å². The standard InChI is InChI=1S/C24H51N.C/c1-3-5-7-9-11-13-15-17-19-21-23-25-24-22-20-18-16-14-12-10-8-6-4-2;/h25H,3-24H2,1-2H3;. The molecule has 0 unspecified atom stereocenters. The first-order valence-corrected chi connectivity index (χ1v) is 12.1. The maximum absolute atomic E-state index is 3.64. The van der Waals surface area contributed by atoms with Gasteiger partial charge in [0.05, 0.1) is 0 Å². The van der Waals surface area contributed by atoms with Gasteiger partial charge in [0.25, 0.3) is 0 Å². The molecular formula is C25H51N. The molecule has 0 fully saturated rings. The molecule has 156 valence electrons. The van der Waals surface area contributed by atoms with E-state index in [9.17, 15) is 0 Å². The summed E-state index contributed by atoms with van der Waals surface area (Å²) < 4.78 is 0. The number of rotatable bonds is 22. The van der Waals surface area contributed by atoms with Crippen LogP contribution >= 0.6 is 0 Å². The van der Waals surface area contributed by atoms with Gasteiger partial charge in [0, 0.05) is 7.43 Å². The molecule has 0 rings (SSSR count). The molecule has 1 nitrogen and oxygen atoms in total. The minimum absolute atomic E-state index is 0. The van der Waals surface area contributed by atoms with Crippen molar-refractivity contribution in [1.82, 2.24) is 5.32 Å². The van der Waals surface area contributed by atoms with E-state index in [1.807, 2.05) is 0 Å². The highest BCUT2D eigenvalue weighted by molar-refractivity contribution is 4.53. The highest BCUT2D eigenvalue weighted by atomic mass is 14.8. The number of hydrogen-bond acceptors (Lipinski definition) is 1. The van der Waals surface area contributed by atoms with Crippen LogP contribution in [0.2, 0.25) is 0 Å². The largest absolute Gasteiger partial charge is 0.317 e. The van der Waals surface area contributed by atoms with Crippen molar-refractivity contribution in [3.05, 3.63) is 7.43 Å². The Kier molecular flexibility index (Phi) is 29.5. The van der Waals surface area contributed by atoms with E-state index in [1.165, 1.54) is 142 Å². The van der Waals surface area contributed by atoms with Crippen LogP contribution in [-0.2, 0) is 0 Å². The molecule has 26 heavy (non-hydrogen) atoms. The second kappa shape index (κ2) is 27.2. The van der Waals surface area contributed by atoms with Gasteiger partial charge in [0.15, 0.2) is 0 Å². The second-order valence-electron chi connectivity index (χ2n) is 8.11. The van der Waals surface area contributed by atoms with Crippen LogP contribution in [0, 0.1) is 7.43 Å². The molecule has 0 aliphatic carbocycles. The third kappa shape index (κ3) is 26.2. The van der Waals surface area contributed by atoms with Crippen molar-refractivity contribution in [2.45, 2.75) is 142 Å². The molecule has 0 aliphatic rings. The molecule has 0 amide bonds. The molecule has 0 bridgehead atoms. The minimum Gasteiger partial charge on any atom is -0.317 e. The van der Waals surface area contributed by atoms with E-state index in [-0.39, 0.29) is 7.43 Å². The minimum atomic E-state index is 0. The molecule has 1 heteroatoms. The molecule has 1 N–H and O–H groups in total. The molecule has 0 spiro atoms. The zero-order valence-corrected chi connectivity index (χ0v) is 18.6. The van der Waals surface area contributed by atoms with Gasteiger partial charge in [0.2, 0.25) is 0 Å². The van der Waals surface area contributed by atoms with Crippen LogP contribution in [0.15, 0.2) is 0 Å². The quantitative estimate of drug-likeness (QED) is 0.190. The normalized spacial score (nSPS) is 10.8. The summed E-state index contributed by atoms with van der Waals surface area (Å²) >= 11 is 0. The zero-order chi connectivity index (χ0) is 18.3. The summed E-state index contributed by atoms with van der Waals surface area (Å²) in [5.74, 6) is 0. The topological polar surface area (TPSA) is 12.0 Å². The summed E-state index contributed by atoms with van der Waals surface area (Å²) in [6, 6.07) is 0. The zero-order valence-electron chi connectivity index (χ0n) is 18.6. The van der Waals surface area contributed by atoms with Crippen molar-refractivity contribution < 1.29 is 0 Å². The summed E-state index contributed by atoms with van der Waals surface area (Å²) in [7, 11) is 0. The van der Waals surface area contributed by atoms with Crippen LogP contribution in [0.3, 0.4) is 0 Å². The van der Waals surface area contributed by atoms with E-state index in [2.05, 4.69) is 19.2 Å². The van der Waals surface area contributed by atoms with E-state index in [0.717, 1.165) is 0 Å². The first-order valence-electron chi connectivity index (χ1n) is 12.1. The van der Waals surface area contributed by atoms with Gasteiger partial charge in [-0.15, -0.1) is 0 Å². The van der Waals surface area contributed by atoms with Gasteiger partial charge in [-0.3, -0.25) is 0 Å². The third-order valence-corrected chi connectivity index (χ3v) is 5.41. The SMILES string of the molecule is CCCCCCCCCCCCNCCCCCCCCCCCC.[C]. The van der Waals surface area contributed by atoms with Gasteiger partial charge in [-0.1, -0.05) is 129 Å². The fourth-order valence-corrected chi connectivity index (χ4v) is 3.60.